The van der Waals surface area contributed by atoms with Crippen LogP contribution in [0.25, 0.3) is 0 Å². The molecule has 1 aromatic carbocycles. The van der Waals surface area contributed by atoms with Crippen molar-refractivity contribution in [1.29, 1.82) is 0 Å². The molecule has 0 fully saturated rings. The van der Waals surface area contributed by atoms with Crippen molar-refractivity contribution in [2.24, 2.45) is 0 Å². The van der Waals surface area contributed by atoms with E-state index in [-0.39, 0.29) is 11.4 Å². The molecule has 1 rings (SSSR count). The Morgan fingerprint density at radius 3 is 2.43 bits per heavy atom. The molecule has 1 atom stereocenters. The van der Waals surface area contributed by atoms with Crippen LogP contribution in [0.3, 0.4) is 0 Å². The molecule has 0 spiro atoms. The average Bonchev–Trinajstić information content (AvgIpc) is 2.42. The van der Waals surface area contributed by atoms with Crippen LogP contribution in [0.5, 0.6) is 0 Å². The molecule has 0 heterocycles. The van der Waals surface area contributed by atoms with Gasteiger partial charge in [-0.25, -0.2) is 13.1 Å². The maximum absolute atomic E-state index is 12.4. The van der Waals surface area contributed by atoms with Gasteiger partial charge in [-0.05, 0) is 42.5 Å². The summed E-state index contributed by atoms with van der Waals surface area (Å²) in [6.07, 6.45) is 3.44. The Bertz CT molecular complexity index is 613. The molecule has 5 nitrogen and oxygen atoms in total. The first-order valence-corrected chi connectivity index (χ1v) is 10.2. The molecule has 0 saturated heterocycles. The van der Waals surface area contributed by atoms with E-state index in [1.807, 2.05) is 19.9 Å². The summed E-state index contributed by atoms with van der Waals surface area (Å²) in [4.78, 5) is 0.263. The fourth-order valence-corrected chi connectivity index (χ4v) is 4.12. The van der Waals surface area contributed by atoms with E-state index in [2.05, 4.69) is 4.72 Å². The van der Waals surface area contributed by atoms with E-state index in [0.717, 1.165) is 12.0 Å². The van der Waals surface area contributed by atoms with E-state index in [4.69, 9.17) is 5.73 Å². The molecule has 0 aliphatic rings. The molecule has 120 valence electrons. The van der Waals surface area contributed by atoms with Crippen molar-refractivity contribution in [3.05, 3.63) is 23.3 Å². The highest BCUT2D eigenvalue weighted by molar-refractivity contribution is 7.89. The second kappa shape index (κ2) is 7.91. The minimum atomic E-state index is -3.59. The van der Waals surface area contributed by atoms with Crippen LogP contribution in [-0.4, -0.2) is 31.2 Å². The number of nitrogen functional groups attached to an aromatic ring is 1. The Morgan fingerprint density at radius 1 is 1.24 bits per heavy atom. The number of hydrogen-bond acceptors (Lipinski definition) is 4. The maximum atomic E-state index is 12.4. The van der Waals surface area contributed by atoms with Crippen LogP contribution in [0.4, 0.5) is 5.69 Å². The van der Waals surface area contributed by atoms with Crippen LogP contribution in [0, 0.1) is 0 Å². The number of nitrogens with two attached hydrogens (primary N) is 1. The van der Waals surface area contributed by atoms with Crippen molar-refractivity contribution in [2.75, 3.05) is 24.3 Å². The second-order valence-electron chi connectivity index (χ2n) is 4.90. The van der Waals surface area contributed by atoms with Crippen molar-refractivity contribution in [3.8, 4) is 0 Å². The van der Waals surface area contributed by atoms with E-state index < -0.39 is 20.8 Å². The van der Waals surface area contributed by atoms with Gasteiger partial charge in [0.15, 0.2) is 0 Å². The van der Waals surface area contributed by atoms with E-state index in [9.17, 15) is 12.6 Å². The Kier molecular flexibility index (Phi) is 6.83. The maximum Gasteiger partial charge on any atom is 0.240 e. The fraction of sp³-hybridized carbons (Fsp3) is 0.571. The van der Waals surface area contributed by atoms with Gasteiger partial charge in [0.05, 0.1) is 4.90 Å². The van der Waals surface area contributed by atoms with Crippen molar-refractivity contribution < 1.29 is 12.6 Å². The van der Waals surface area contributed by atoms with Crippen LogP contribution in [-0.2, 0) is 33.7 Å². The van der Waals surface area contributed by atoms with Crippen molar-refractivity contribution in [3.63, 3.8) is 0 Å². The average molecular weight is 332 g/mol. The zero-order chi connectivity index (χ0) is 16.0. The van der Waals surface area contributed by atoms with E-state index >= 15 is 0 Å². The first-order chi connectivity index (χ1) is 9.81. The van der Waals surface area contributed by atoms with Gasteiger partial charge in [-0.2, -0.15) is 0 Å². The van der Waals surface area contributed by atoms with Crippen molar-refractivity contribution in [1.82, 2.24) is 4.72 Å². The Hall–Kier alpha value is -0.920. The van der Waals surface area contributed by atoms with Crippen LogP contribution in [0.2, 0.25) is 0 Å². The van der Waals surface area contributed by atoms with E-state index in [1.165, 1.54) is 0 Å². The summed E-state index contributed by atoms with van der Waals surface area (Å²) in [5.41, 5.74) is 8.04. The Morgan fingerprint density at radius 2 is 1.90 bits per heavy atom. The third-order valence-corrected chi connectivity index (χ3v) is 5.65. The van der Waals surface area contributed by atoms with E-state index in [0.29, 0.717) is 29.8 Å². The number of nitrogens with one attached hydrogen (secondary N) is 1. The first kappa shape index (κ1) is 18.1. The summed E-state index contributed by atoms with van der Waals surface area (Å²) in [7, 11) is -4.49. The highest BCUT2D eigenvalue weighted by Crippen LogP contribution is 2.25. The van der Waals surface area contributed by atoms with Gasteiger partial charge >= 0.3 is 0 Å². The van der Waals surface area contributed by atoms with Gasteiger partial charge in [0.2, 0.25) is 10.0 Å². The number of benzene rings is 1. The molecular weight excluding hydrogens is 308 g/mol. The Labute approximate surface area is 129 Å². The summed E-state index contributed by atoms with van der Waals surface area (Å²) in [5.74, 6) is 0.486. The monoisotopic (exact) mass is 332 g/mol. The van der Waals surface area contributed by atoms with Crippen LogP contribution >= 0.6 is 0 Å². The van der Waals surface area contributed by atoms with Crippen molar-refractivity contribution >= 4 is 26.5 Å². The van der Waals surface area contributed by atoms with Gasteiger partial charge in [-0.1, -0.05) is 13.8 Å². The van der Waals surface area contributed by atoms with Gasteiger partial charge in [0, 0.05) is 35.0 Å². The fourth-order valence-electron chi connectivity index (χ4n) is 2.11. The lowest BCUT2D eigenvalue weighted by atomic mass is 10.1. The lowest BCUT2D eigenvalue weighted by molar-refractivity contribution is 0.579. The van der Waals surface area contributed by atoms with Crippen LogP contribution < -0.4 is 10.5 Å². The highest BCUT2D eigenvalue weighted by Gasteiger charge is 2.20. The van der Waals surface area contributed by atoms with Gasteiger partial charge < -0.3 is 5.73 Å². The van der Waals surface area contributed by atoms with Crippen LogP contribution in [0.15, 0.2) is 17.0 Å². The number of sulfonamides is 1. The molecule has 0 bridgehead atoms. The molecule has 0 amide bonds. The molecule has 1 unspecified atom stereocenters. The summed E-state index contributed by atoms with van der Waals surface area (Å²) in [6, 6.07) is 3.52. The van der Waals surface area contributed by atoms with Gasteiger partial charge in [0.1, 0.15) is 0 Å². The minimum absolute atomic E-state index is 0.263. The molecule has 0 radical (unpaired) electrons. The van der Waals surface area contributed by atoms with Crippen molar-refractivity contribution in [2.45, 2.75) is 38.0 Å². The smallest absolute Gasteiger partial charge is 0.240 e. The quantitative estimate of drug-likeness (QED) is 0.557. The van der Waals surface area contributed by atoms with E-state index in [1.54, 1.807) is 12.3 Å². The third kappa shape index (κ3) is 5.09. The number of aryl methyl sites for hydroxylation is 1. The second-order valence-corrected chi connectivity index (χ2v) is 8.19. The molecule has 0 aliphatic heterocycles. The molecular formula is C14H24N2O3S2. The van der Waals surface area contributed by atoms with Gasteiger partial charge in [0.25, 0.3) is 0 Å². The third-order valence-electron chi connectivity index (χ3n) is 3.26. The lowest BCUT2D eigenvalue weighted by Gasteiger charge is -2.14. The molecule has 0 aliphatic carbocycles. The standard InChI is InChI=1S/C14H24N2O3S2/c1-4-11-9-13(15)12(5-2)14(10-11)21(18,19)16-7-6-8-20(3)17/h9-10,16H,4-8,15H2,1-3H3. The predicted octanol–water partition coefficient (Wildman–Crippen LogP) is 1.44. The molecule has 0 aromatic heterocycles. The summed E-state index contributed by atoms with van der Waals surface area (Å²) < 4.78 is 38.4. The summed E-state index contributed by atoms with van der Waals surface area (Å²) in [5, 5.41) is 0. The van der Waals surface area contributed by atoms with Gasteiger partial charge in [-0.15, -0.1) is 0 Å². The number of hydrogen-bond donors (Lipinski definition) is 2. The molecule has 21 heavy (non-hydrogen) atoms. The summed E-state index contributed by atoms with van der Waals surface area (Å²) >= 11 is 0. The van der Waals surface area contributed by atoms with Gasteiger partial charge in [-0.3, -0.25) is 4.21 Å². The zero-order valence-corrected chi connectivity index (χ0v) is 14.4. The minimum Gasteiger partial charge on any atom is -0.398 e. The Balaban J connectivity index is 3.01. The lowest BCUT2D eigenvalue weighted by Crippen LogP contribution is -2.27. The zero-order valence-electron chi connectivity index (χ0n) is 12.8. The molecule has 7 heteroatoms. The predicted molar refractivity (Wildman–Crippen MR) is 88.3 cm³/mol. The number of anilines is 1. The first-order valence-electron chi connectivity index (χ1n) is 7.02. The summed E-state index contributed by atoms with van der Waals surface area (Å²) in [6.45, 7) is 4.12. The number of rotatable bonds is 8. The largest absolute Gasteiger partial charge is 0.398 e. The highest BCUT2D eigenvalue weighted by atomic mass is 32.2. The SMILES string of the molecule is CCc1cc(N)c(CC)c(S(=O)(=O)NCCCS(C)=O)c1. The molecule has 3 N–H and O–H groups in total. The topological polar surface area (TPSA) is 89.3 Å². The molecule has 1 aromatic rings. The normalized spacial score (nSPS) is 13.3. The van der Waals surface area contributed by atoms with Crippen LogP contribution in [0.1, 0.15) is 31.4 Å². The molecule has 0 saturated carbocycles.